The number of hydrogen-bond donors (Lipinski definition) is 1. The Morgan fingerprint density at radius 1 is 0.900 bits per heavy atom. The van der Waals surface area contributed by atoms with Crippen molar-refractivity contribution in [1.29, 1.82) is 0 Å². The first-order valence-electron chi connectivity index (χ1n) is 8.13. The molecule has 0 unspecified atom stereocenters. The van der Waals surface area contributed by atoms with Gasteiger partial charge in [0.25, 0.3) is 0 Å². The van der Waals surface area contributed by atoms with Gasteiger partial charge in [0.05, 0.1) is 5.56 Å². The van der Waals surface area contributed by atoms with E-state index >= 15 is 0 Å². The molecule has 0 aromatic heterocycles. The van der Waals surface area contributed by atoms with E-state index in [2.05, 4.69) is 6.07 Å². The zero-order valence-corrected chi connectivity index (χ0v) is 12.1. The largest absolute Gasteiger partial charge is 0.478 e. The second-order valence-electron chi connectivity index (χ2n) is 6.43. The molecule has 2 heteroatoms. The third kappa shape index (κ3) is 2.61. The number of carbonyl (C=O) groups is 1. The lowest BCUT2D eigenvalue weighted by Crippen LogP contribution is -2.14. The first kappa shape index (κ1) is 13.7. The molecular weight excluding hydrogens is 248 g/mol. The molecule has 1 N–H and O–H groups in total. The Hall–Kier alpha value is -1.31. The van der Waals surface area contributed by atoms with Gasteiger partial charge in [-0.2, -0.15) is 0 Å². The van der Waals surface area contributed by atoms with Gasteiger partial charge in [0.15, 0.2) is 0 Å². The first-order valence-corrected chi connectivity index (χ1v) is 8.13. The molecule has 0 heterocycles. The van der Waals surface area contributed by atoms with Crippen LogP contribution in [0.2, 0.25) is 0 Å². The number of hydrogen-bond acceptors (Lipinski definition) is 1. The van der Waals surface area contributed by atoms with Crippen LogP contribution >= 0.6 is 0 Å². The van der Waals surface area contributed by atoms with Crippen molar-refractivity contribution in [2.24, 2.45) is 0 Å². The highest BCUT2D eigenvalue weighted by Gasteiger charge is 2.28. The summed E-state index contributed by atoms with van der Waals surface area (Å²) in [4.78, 5) is 11.6. The topological polar surface area (TPSA) is 37.3 Å². The van der Waals surface area contributed by atoms with Crippen molar-refractivity contribution in [2.45, 2.75) is 69.6 Å². The molecular formula is C18H24O2. The smallest absolute Gasteiger partial charge is 0.335 e. The highest BCUT2D eigenvalue weighted by Crippen LogP contribution is 2.43. The second-order valence-corrected chi connectivity index (χ2v) is 6.43. The fraction of sp³-hybridized carbons (Fsp3) is 0.611. The van der Waals surface area contributed by atoms with Crippen LogP contribution < -0.4 is 0 Å². The van der Waals surface area contributed by atoms with Crippen LogP contribution in [0.4, 0.5) is 0 Å². The lowest BCUT2D eigenvalue weighted by Gasteiger charge is -2.28. The minimum atomic E-state index is -0.745. The van der Waals surface area contributed by atoms with E-state index in [1.54, 1.807) is 0 Å². The molecule has 0 atom stereocenters. The van der Waals surface area contributed by atoms with Crippen molar-refractivity contribution in [3.05, 3.63) is 34.9 Å². The summed E-state index contributed by atoms with van der Waals surface area (Å²) in [6.07, 6.45) is 11.2. The monoisotopic (exact) mass is 272 g/mol. The van der Waals surface area contributed by atoms with Crippen LogP contribution in [0.25, 0.3) is 0 Å². The minimum absolute atomic E-state index is 0.478. The molecule has 2 saturated carbocycles. The van der Waals surface area contributed by atoms with E-state index in [9.17, 15) is 9.90 Å². The van der Waals surface area contributed by atoms with Crippen LogP contribution in [0.1, 0.15) is 91.1 Å². The molecule has 0 spiro atoms. The van der Waals surface area contributed by atoms with Gasteiger partial charge in [0.1, 0.15) is 0 Å². The predicted molar refractivity (Wildman–Crippen MR) is 80.4 cm³/mol. The third-order valence-corrected chi connectivity index (χ3v) is 5.18. The van der Waals surface area contributed by atoms with Gasteiger partial charge in [0, 0.05) is 0 Å². The van der Waals surface area contributed by atoms with Crippen LogP contribution in [-0.4, -0.2) is 11.1 Å². The molecule has 2 aliphatic rings. The quantitative estimate of drug-likeness (QED) is 0.832. The standard InChI is InChI=1S/C18H24O2/c19-18(20)16-12-6-11-15(13-7-4-5-8-13)17(16)14-9-2-1-3-10-14/h6,11-14H,1-5,7-10H2,(H,19,20). The Balaban J connectivity index is 2.03. The number of carboxylic acid groups (broad SMARTS) is 1. The number of rotatable bonds is 3. The summed E-state index contributed by atoms with van der Waals surface area (Å²) in [6, 6.07) is 5.96. The third-order valence-electron chi connectivity index (χ3n) is 5.18. The van der Waals surface area contributed by atoms with E-state index in [0.29, 0.717) is 17.4 Å². The van der Waals surface area contributed by atoms with Gasteiger partial charge < -0.3 is 5.11 Å². The molecule has 3 rings (SSSR count). The van der Waals surface area contributed by atoms with Crippen LogP contribution in [0.3, 0.4) is 0 Å². The van der Waals surface area contributed by atoms with Gasteiger partial charge >= 0.3 is 5.97 Å². The van der Waals surface area contributed by atoms with E-state index in [0.717, 1.165) is 0 Å². The van der Waals surface area contributed by atoms with Crippen LogP contribution in [0.5, 0.6) is 0 Å². The zero-order chi connectivity index (χ0) is 13.9. The Labute approximate surface area is 121 Å². The zero-order valence-electron chi connectivity index (χ0n) is 12.1. The van der Waals surface area contributed by atoms with Gasteiger partial charge in [-0.25, -0.2) is 4.79 Å². The minimum Gasteiger partial charge on any atom is -0.478 e. The summed E-state index contributed by atoms with van der Waals surface area (Å²) in [5, 5.41) is 9.56. The van der Waals surface area contributed by atoms with Crippen LogP contribution in [-0.2, 0) is 0 Å². The van der Waals surface area contributed by atoms with Gasteiger partial charge in [0.2, 0.25) is 0 Å². The van der Waals surface area contributed by atoms with E-state index in [1.165, 1.54) is 68.9 Å². The average Bonchev–Trinajstić information content (AvgIpc) is 3.01. The van der Waals surface area contributed by atoms with Crippen molar-refractivity contribution in [3.63, 3.8) is 0 Å². The SMILES string of the molecule is O=C(O)c1cccc(C2CCCC2)c1C1CCCCC1. The molecule has 1 aromatic carbocycles. The normalized spacial score (nSPS) is 21.2. The second kappa shape index (κ2) is 5.99. The summed E-state index contributed by atoms with van der Waals surface area (Å²) in [6.45, 7) is 0. The van der Waals surface area contributed by atoms with Crippen LogP contribution in [0, 0.1) is 0 Å². The molecule has 108 valence electrons. The van der Waals surface area contributed by atoms with E-state index in [-0.39, 0.29) is 0 Å². The van der Waals surface area contributed by atoms with Gasteiger partial charge in [-0.3, -0.25) is 0 Å². The van der Waals surface area contributed by atoms with Crippen molar-refractivity contribution < 1.29 is 9.90 Å². The highest BCUT2D eigenvalue weighted by molar-refractivity contribution is 5.90. The number of aromatic carboxylic acids is 1. The maximum Gasteiger partial charge on any atom is 0.335 e. The summed E-state index contributed by atoms with van der Waals surface area (Å²) < 4.78 is 0. The number of carboxylic acids is 1. The van der Waals surface area contributed by atoms with Crippen molar-refractivity contribution in [3.8, 4) is 0 Å². The maximum absolute atomic E-state index is 11.6. The molecule has 0 amide bonds. The van der Waals surface area contributed by atoms with Gasteiger partial charge in [-0.15, -0.1) is 0 Å². The summed E-state index contributed by atoms with van der Waals surface area (Å²) in [5.41, 5.74) is 3.11. The molecule has 0 aliphatic heterocycles. The molecule has 2 aliphatic carbocycles. The van der Waals surface area contributed by atoms with Crippen molar-refractivity contribution in [1.82, 2.24) is 0 Å². The maximum atomic E-state index is 11.6. The summed E-state index contributed by atoms with van der Waals surface area (Å²) in [7, 11) is 0. The fourth-order valence-corrected chi connectivity index (χ4v) is 4.21. The van der Waals surface area contributed by atoms with E-state index in [4.69, 9.17) is 0 Å². The Morgan fingerprint density at radius 2 is 1.50 bits per heavy atom. The highest BCUT2D eigenvalue weighted by atomic mass is 16.4. The lowest BCUT2D eigenvalue weighted by atomic mass is 9.77. The molecule has 0 bridgehead atoms. The van der Waals surface area contributed by atoms with Crippen molar-refractivity contribution in [2.75, 3.05) is 0 Å². The predicted octanol–water partition coefficient (Wildman–Crippen LogP) is 5.09. The van der Waals surface area contributed by atoms with Crippen LogP contribution in [0.15, 0.2) is 18.2 Å². The molecule has 20 heavy (non-hydrogen) atoms. The molecule has 2 nitrogen and oxygen atoms in total. The Bertz CT molecular complexity index is 480. The van der Waals surface area contributed by atoms with Crippen molar-refractivity contribution >= 4 is 5.97 Å². The Morgan fingerprint density at radius 3 is 2.15 bits per heavy atom. The molecule has 2 fully saturated rings. The molecule has 1 aromatic rings. The van der Waals surface area contributed by atoms with Gasteiger partial charge in [-0.1, -0.05) is 44.2 Å². The number of benzene rings is 1. The molecule has 0 saturated heterocycles. The summed E-state index contributed by atoms with van der Waals surface area (Å²) >= 11 is 0. The van der Waals surface area contributed by atoms with E-state index < -0.39 is 5.97 Å². The molecule has 0 radical (unpaired) electrons. The summed E-state index contributed by atoms with van der Waals surface area (Å²) in [5.74, 6) is 0.336. The first-order chi connectivity index (χ1) is 9.77. The fourth-order valence-electron chi connectivity index (χ4n) is 4.21. The Kier molecular flexibility index (Phi) is 4.09. The lowest BCUT2D eigenvalue weighted by molar-refractivity contribution is 0.0694. The van der Waals surface area contributed by atoms with E-state index in [1.807, 2.05) is 12.1 Å². The van der Waals surface area contributed by atoms with Gasteiger partial charge in [-0.05, 0) is 54.7 Å². The average molecular weight is 272 g/mol.